The van der Waals surface area contributed by atoms with Gasteiger partial charge in [-0.05, 0) is 44.1 Å². The SMILES string of the molecule is COc1cccc(C(CNC(=O)[C@@H](N)CC(C)C)N(C)C)c1. The van der Waals surface area contributed by atoms with Crippen molar-refractivity contribution in [3.63, 3.8) is 0 Å². The van der Waals surface area contributed by atoms with Gasteiger partial charge >= 0.3 is 0 Å². The summed E-state index contributed by atoms with van der Waals surface area (Å²) in [6.45, 7) is 4.64. The molecule has 0 fully saturated rings. The van der Waals surface area contributed by atoms with Gasteiger partial charge in [-0.15, -0.1) is 0 Å². The standard InChI is InChI=1S/C17H29N3O2/c1-12(2)9-15(18)17(21)19-11-16(20(3)4)13-7-6-8-14(10-13)22-5/h6-8,10,12,15-16H,9,11,18H2,1-5H3,(H,19,21)/t15-,16?/m0/s1. The van der Waals surface area contributed by atoms with Gasteiger partial charge in [-0.3, -0.25) is 4.79 Å². The van der Waals surface area contributed by atoms with E-state index < -0.39 is 6.04 Å². The number of carbonyl (C=O) groups excluding carboxylic acids is 1. The molecule has 5 heteroatoms. The number of amides is 1. The van der Waals surface area contributed by atoms with Crippen LogP contribution in [0.5, 0.6) is 5.75 Å². The van der Waals surface area contributed by atoms with Crippen LogP contribution in [0.4, 0.5) is 0 Å². The molecule has 22 heavy (non-hydrogen) atoms. The molecule has 0 saturated heterocycles. The summed E-state index contributed by atoms with van der Waals surface area (Å²) in [5.41, 5.74) is 7.02. The molecule has 0 aliphatic rings. The fraction of sp³-hybridized carbons (Fsp3) is 0.588. The lowest BCUT2D eigenvalue weighted by Gasteiger charge is -2.26. The van der Waals surface area contributed by atoms with E-state index in [-0.39, 0.29) is 11.9 Å². The van der Waals surface area contributed by atoms with Crippen molar-refractivity contribution in [3.8, 4) is 5.75 Å². The molecular formula is C17H29N3O2. The molecule has 1 aromatic carbocycles. The molecule has 0 heterocycles. The number of nitrogens with zero attached hydrogens (tertiary/aromatic N) is 1. The summed E-state index contributed by atoms with van der Waals surface area (Å²) >= 11 is 0. The Morgan fingerprint density at radius 1 is 1.36 bits per heavy atom. The second-order valence-electron chi connectivity index (χ2n) is 6.24. The molecule has 0 aliphatic heterocycles. The molecule has 2 atom stereocenters. The van der Waals surface area contributed by atoms with Crippen LogP contribution in [0.2, 0.25) is 0 Å². The third-order valence-electron chi connectivity index (χ3n) is 3.63. The van der Waals surface area contributed by atoms with Gasteiger partial charge < -0.3 is 20.7 Å². The average molecular weight is 307 g/mol. The molecule has 1 amide bonds. The summed E-state index contributed by atoms with van der Waals surface area (Å²) in [7, 11) is 5.63. The zero-order valence-corrected chi connectivity index (χ0v) is 14.3. The fourth-order valence-electron chi connectivity index (χ4n) is 2.39. The molecule has 0 radical (unpaired) electrons. The lowest BCUT2D eigenvalue weighted by Crippen LogP contribution is -2.44. The van der Waals surface area contributed by atoms with Gasteiger partial charge in [0.05, 0.1) is 19.2 Å². The highest BCUT2D eigenvalue weighted by atomic mass is 16.5. The van der Waals surface area contributed by atoms with Crippen molar-refractivity contribution in [2.24, 2.45) is 11.7 Å². The van der Waals surface area contributed by atoms with Crippen LogP contribution in [0.1, 0.15) is 31.9 Å². The van der Waals surface area contributed by atoms with Crippen molar-refractivity contribution < 1.29 is 9.53 Å². The summed E-state index contributed by atoms with van der Waals surface area (Å²) in [5, 5.41) is 2.96. The van der Waals surface area contributed by atoms with Crippen LogP contribution in [-0.4, -0.2) is 44.6 Å². The Kier molecular flexibility index (Phi) is 7.35. The van der Waals surface area contributed by atoms with Crippen molar-refractivity contribution in [1.29, 1.82) is 0 Å². The van der Waals surface area contributed by atoms with E-state index in [0.717, 1.165) is 11.3 Å². The van der Waals surface area contributed by atoms with Crippen LogP contribution in [0.15, 0.2) is 24.3 Å². The van der Waals surface area contributed by atoms with Crippen LogP contribution in [0.3, 0.4) is 0 Å². The Morgan fingerprint density at radius 3 is 2.59 bits per heavy atom. The number of nitrogens with two attached hydrogens (primary N) is 1. The fourth-order valence-corrected chi connectivity index (χ4v) is 2.39. The Morgan fingerprint density at radius 2 is 2.05 bits per heavy atom. The highest BCUT2D eigenvalue weighted by Crippen LogP contribution is 2.22. The van der Waals surface area contributed by atoms with E-state index in [2.05, 4.69) is 24.1 Å². The van der Waals surface area contributed by atoms with Gasteiger partial charge in [0.1, 0.15) is 5.75 Å². The summed E-state index contributed by atoms with van der Waals surface area (Å²) in [6.07, 6.45) is 0.692. The summed E-state index contributed by atoms with van der Waals surface area (Å²) in [5.74, 6) is 1.12. The van der Waals surface area contributed by atoms with Gasteiger partial charge in [0.2, 0.25) is 5.91 Å². The lowest BCUT2D eigenvalue weighted by molar-refractivity contribution is -0.122. The Hall–Kier alpha value is -1.59. The number of rotatable bonds is 8. The second kappa shape index (κ2) is 8.76. The van der Waals surface area contributed by atoms with Crippen LogP contribution < -0.4 is 15.8 Å². The number of likely N-dealkylation sites (N-methyl/N-ethyl adjacent to an activating group) is 1. The molecule has 0 saturated carbocycles. The van der Waals surface area contributed by atoms with Gasteiger partial charge in [-0.2, -0.15) is 0 Å². The molecule has 0 aliphatic carbocycles. The van der Waals surface area contributed by atoms with Crippen molar-refractivity contribution in [3.05, 3.63) is 29.8 Å². The minimum atomic E-state index is -0.451. The van der Waals surface area contributed by atoms with E-state index in [1.807, 2.05) is 38.4 Å². The third kappa shape index (κ3) is 5.66. The Labute approximate surface area is 133 Å². The van der Waals surface area contributed by atoms with E-state index in [9.17, 15) is 4.79 Å². The maximum atomic E-state index is 12.1. The molecular weight excluding hydrogens is 278 g/mol. The minimum Gasteiger partial charge on any atom is -0.497 e. The molecule has 1 rings (SSSR count). The molecule has 1 unspecified atom stereocenters. The Bertz CT molecular complexity index is 475. The quantitative estimate of drug-likeness (QED) is 0.768. The first-order valence-corrected chi connectivity index (χ1v) is 7.68. The Balaban J connectivity index is 2.70. The molecule has 124 valence electrons. The smallest absolute Gasteiger partial charge is 0.236 e. The number of benzene rings is 1. The molecule has 0 bridgehead atoms. The van der Waals surface area contributed by atoms with Crippen molar-refractivity contribution in [1.82, 2.24) is 10.2 Å². The number of ether oxygens (including phenoxy) is 1. The topological polar surface area (TPSA) is 67.6 Å². The maximum absolute atomic E-state index is 12.1. The molecule has 3 N–H and O–H groups in total. The van der Waals surface area contributed by atoms with Crippen molar-refractivity contribution >= 4 is 5.91 Å². The van der Waals surface area contributed by atoms with Gasteiger partial charge in [0, 0.05) is 6.54 Å². The normalized spacial score (nSPS) is 14.0. The highest BCUT2D eigenvalue weighted by Gasteiger charge is 2.19. The average Bonchev–Trinajstić information content (AvgIpc) is 2.46. The first-order valence-electron chi connectivity index (χ1n) is 7.68. The summed E-state index contributed by atoms with van der Waals surface area (Å²) in [6, 6.07) is 7.52. The number of methoxy groups -OCH3 is 1. The van der Waals surface area contributed by atoms with E-state index >= 15 is 0 Å². The van der Waals surface area contributed by atoms with E-state index in [1.54, 1.807) is 7.11 Å². The van der Waals surface area contributed by atoms with Crippen molar-refractivity contribution in [2.45, 2.75) is 32.4 Å². The molecule has 1 aromatic rings. The van der Waals surface area contributed by atoms with Gasteiger partial charge in [0.25, 0.3) is 0 Å². The van der Waals surface area contributed by atoms with Crippen LogP contribution >= 0.6 is 0 Å². The lowest BCUT2D eigenvalue weighted by atomic mass is 10.0. The van der Waals surface area contributed by atoms with Gasteiger partial charge in [-0.25, -0.2) is 0 Å². The number of carbonyl (C=O) groups is 1. The van der Waals surface area contributed by atoms with Crippen LogP contribution in [-0.2, 0) is 4.79 Å². The van der Waals surface area contributed by atoms with Crippen LogP contribution in [0.25, 0.3) is 0 Å². The number of hydrogen-bond acceptors (Lipinski definition) is 4. The molecule has 5 nitrogen and oxygen atoms in total. The number of hydrogen-bond donors (Lipinski definition) is 2. The zero-order valence-electron chi connectivity index (χ0n) is 14.3. The summed E-state index contributed by atoms with van der Waals surface area (Å²) in [4.78, 5) is 14.2. The molecule has 0 spiro atoms. The predicted octanol–water partition coefficient (Wildman–Crippen LogP) is 1.79. The first kappa shape index (κ1) is 18.5. The monoisotopic (exact) mass is 307 g/mol. The summed E-state index contributed by atoms with van der Waals surface area (Å²) < 4.78 is 5.27. The highest BCUT2D eigenvalue weighted by molar-refractivity contribution is 5.81. The molecule has 0 aromatic heterocycles. The zero-order chi connectivity index (χ0) is 16.7. The second-order valence-corrected chi connectivity index (χ2v) is 6.24. The maximum Gasteiger partial charge on any atom is 0.236 e. The van der Waals surface area contributed by atoms with Crippen LogP contribution in [0, 0.1) is 5.92 Å². The van der Waals surface area contributed by atoms with E-state index in [4.69, 9.17) is 10.5 Å². The van der Waals surface area contributed by atoms with E-state index in [0.29, 0.717) is 18.9 Å². The van der Waals surface area contributed by atoms with Gasteiger partial charge in [-0.1, -0.05) is 26.0 Å². The predicted molar refractivity (Wildman–Crippen MR) is 89.9 cm³/mol. The number of nitrogens with one attached hydrogen (secondary N) is 1. The van der Waals surface area contributed by atoms with E-state index in [1.165, 1.54) is 0 Å². The van der Waals surface area contributed by atoms with Crippen molar-refractivity contribution in [2.75, 3.05) is 27.7 Å². The minimum absolute atomic E-state index is 0.0744. The first-order chi connectivity index (χ1) is 10.3. The largest absolute Gasteiger partial charge is 0.497 e. The van der Waals surface area contributed by atoms with Gasteiger partial charge in [0.15, 0.2) is 0 Å². The third-order valence-corrected chi connectivity index (χ3v) is 3.63.